The largest absolute Gasteiger partial charge is 0.171 e. The van der Waals surface area contributed by atoms with Crippen LogP contribution in [0.1, 0.15) is 5.56 Å². The highest BCUT2D eigenvalue weighted by molar-refractivity contribution is 7.99. The van der Waals surface area contributed by atoms with Crippen molar-refractivity contribution in [3.63, 3.8) is 0 Å². The number of hydrogen-bond donors (Lipinski definition) is 0. The SMILES string of the molecule is C(=C1C=C[CH-]C=C1)=C1C=CC(=S=C2C=CC(=[C+]c3ccccc3)C=C2)C=C1. The van der Waals surface area contributed by atoms with Gasteiger partial charge in [0.25, 0.3) is 0 Å². The fraction of sp³-hybridized carbons (Fsp3) is 0. The minimum atomic E-state index is 1.09. The van der Waals surface area contributed by atoms with Gasteiger partial charge in [-0.1, -0.05) is 5.57 Å². The van der Waals surface area contributed by atoms with Crippen molar-refractivity contribution in [3.05, 3.63) is 144 Å². The van der Waals surface area contributed by atoms with Crippen molar-refractivity contribution in [2.45, 2.75) is 0 Å². The molecule has 0 bridgehead atoms. The molecule has 0 nitrogen and oxygen atoms in total. The summed E-state index contributed by atoms with van der Waals surface area (Å²) in [7, 11) is 1.76. The first-order chi connectivity index (χ1) is 13.3. The molecule has 0 spiro atoms. The zero-order valence-corrected chi connectivity index (χ0v) is 15.6. The highest BCUT2D eigenvalue weighted by Gasteiger charge is 2.04. The quantitative estimate of drug-likeness (QED) is 0.333. The van der Waals surface area contributed by atoms with Gasteiger partial charge in [0, 0.05) is 45.7 Å². The zero-order valence-electron chi connectivity index (χ0n) is 14.8. The summed E-state index contributed by atoms with van der Waals surface area (Å²) in [6.07, 6.45) is 30.6. The maximum absolute atomic E-state index is 3.41. The van der Waals surface area contributed by atoms with Crippen LogP contribution in [0, 0.1) is 12.5 Å². The molecule has 1 aromatic carbocycles. The van der Waals surface area contributed by atoms with Crippen LogP contribution in [0.4, 0.5) is 0 Å². The molecular formula is C26H18S. The van der Waals surface area contributed by atoms with Gasteiger partial charge in [0.15, 0.2) is 0 Å². The summed E-state index contributed by atoms with van der Waals surface area (Å²) in [6.45, 7) is 0. The minimum absolute atomic E-state index is 1.09. The molecule has 0 radical (unpaired) electrons. The molecule has 1 heteroatoms. The van der Waals surface area contributed by atoms with E-state index >= 15 is 0 Å². The van der Waals surface area contributed by atoms with Crippen molar-refractivity contribution in [2.75, 3.05) is 0 Å². The van der Waals surface area contributed by atoms with Crippen molar-refractivity contribution in [3.8, 4) is 0 Å². The topological polar surface area (TPSA) is 0 Å². The second-order valence-corrected chi connectivity index (χ2v) is 7.28. The van der Waals surface area contributed by atoms with E-state index in [1.807, 2.05) is 36.8 Å². The van der Waals surface area contributed by atoms with Gasteiger partial charge in [-0.05, 0) is 54.7 Å². The second kappa shape index (κ2) is 8.36. The van der Waals surface area contributed by atoms with Crippen molar-refractivity contribution >= 4 is 20.7 Å². The molecule has 1 aromatic rings. The maximum Gasteiger partial charge on any atom is 0.122 e. The fourth-order valence-electron chi connectivity index (χ4n) is 2.73. The number of allylic oxidation sites excluding steroid dienone is 14. The lowest BCUT2D eigenvalue weighted by atomic mass is 10.1. The van der Waals surface area contributed by atoms with Crippen molar-refractivity contribution < 1.29 is 0 Å². The first-order valence-electron chi connectivity index (χ1n) is 8.87. The Bertz CT molecular complexity index is 1030. The first-order valence-corrected chi connectivity index (χ1v) is 9.69. The van der Waals surface area contributed by atoms with E-state index in [-0.39, 0.29) is 0 Å². The molecule has 128 valence electrons. The third-order valence-electron chi connectivity index (χ3n) is 4.07. The van der Waals surface area contributed by atoms with Gasteiger partial charge in [-0.3, -0.25) is 0 Å². The molecule has 0 amide bonds. The summed E-state index contributed by atoms with van der Waals surface area (Å²) < 4.78 is 0. The summed E-state index contributed by atoms with van der Waals surface area (Å²) in [5.41, 5.74) is 7.78. The van der Waals surface area contributed by atoms with Gasteiger partial charge in [0.1, 0.15) is 11.1 Å². The number of hydrogen-bond acceptors (Lipinski definition) is 0. The highest BCUT2D eigenvalue weighted by Crippen LogP contribution is 2.14. The molecule has 0 aromatic heterocycles. The second-order valence-electron chi connectivity index (χ2n) is 6.13. The Kier molecular flexibility index (Phi) is 5.29. The van der Waals surface area contributed by atoms with Crippen LogP contribution in [0.2, 0.25) is 0 Å². The van der Waals surface area contributed by atoms with E-state index in [9.17, 15) is 0 Å². The highest BCUT2D eigenvalue weighted by atomic mass is 32.1. The van der Waals surface area contributed by atoms with Gasteiger partial charge >= 0.3 is 0 Å². The van der Waals surface area contributed by atoms with Gasteiger partial charge in [-0.15, -0.1) is 16.7 Å². The average molecular weight is 362 g/mol. The van der Waals surface area contributed by atoms with Crippen LogP contribution in [0.3, 0.4) is 0 Å². The van der Waals surface area contributed by atoms with E-state index in [0.717, 1.165) is 22.3 Å². The Morgan fingerprint density at radius 1 is 0.667 bits per heavy atom. The summed E-state index contributed by atoms with van der Waals surface area (Å²) in [5, 5.41) is 0. The van der Waals surface area contributed by atoms with E-state index in [2.05, 4.69) is 84.7 Å². The Hall–Kier alpha value is -3.34. The molecule has 0 atom stereocenters. The summed E-state index contributed by atoms with van der Waals surface area (Å²) in [5.74, 6) is 0. The number of rotatable bonds is 1. The standard InChI is InChI=1S/C26H18S/c1-3-7-21(8-4-1)19-23-11-15-25(16-12-23)27-26-17-13-24(14-18-26)20-22-9-5-2-6-10-22/h1-18H. The molecule has 27 heavy (non-hydrogen) atoms. The Morgan fingerprint density at radius 2 is 1.26 bits per heavy atom. The van der Waals surface area contributed by atoms with Crippen molar-refractivity contribution in [1.82, 2.24) is 0 Å². The molecule has 3 aliphatic carbocycles. The molecule has 3 aliphatic rings. The van der Waals surface area contributed by atoms with E-state index in [4.69, 9.17) is 0 Å². The lowest BCUT2D eigenvalue weighted by molar-refractivity contribution is 1.51. The average Bonchev–Trinajstić information content (AvgIpc) is 2.73. The molecule has 0 saturated heterocycles. The normalized spacial score (nSPS) is 17.1. The predicted molar refractivity (Wildman–Crippen MR) is 120 cm³/mol. The van der Waals surface area contributed by atoms with Gasteiger partial charge in [-0.25, -0.2) is 0 Å². The predicted octanol–water partition coefficient (Wildman–Crippen LogP) is 5.88. The molecule has 0 fully saturated rings. The smallest absolute Gasteiger partial charge is 0.122 e. The van der Waals surface area contributed by atoms with Crippen LogP contribution < -0.4 is 0 Å². The summed E-state index contributed by atoms with van der Waals surface area (Å²) >= 11 is 0. The molecule has 0 aliphatic heterocycles. The third-order valence-corrected chi connectivity index (χ3v) is 5.08. The molecule has 0 N–H and O–H groups in total. The molecular weight excluding hydrogens is 344 g/mol. The Labute approximate surface area is 164 Å². The third kappa shape index (κ3) is 4.85. The Morgan fingerprint density at radius 3 is 1.93 bits per heavy atom. The fourth-order valence-corrected chi connectivity index (χ4v) is 3.54. The zero-order chi connectivity index (χ0) is 18.3. The lowest BCUT2D eigenvalue weighted by Crippen LogP contribution is -1.94. The van der Waals surface area contributed by atoms with E-state index < -0.39 is 0 Å². The van der Waals surface area contributed by atoms with Crippen LogP contribution in [0.15, 0.2) is 126 Å². The van der Waals surface area contributed by atoms with Gasteiger partial charge in [0.05, 0.1) is 0 Å². The summed E-state index contributed by atoms with van der Waals surface area (Å²) in [4.78, 5) is 2.44. The van der Waals surface area contributed by atoms with Crippen LogP contribution in [-0.4, -0.2) is 9.73 Å². The summed E-state index contributed by atoms with van der Waals surface area (Å²) in [6, 6.07) is 10.2. The maximum atomic E-state index is 3.41. The van der Waals surface area contributed by atoms with Crippen molar-refractivity contribution in [2.24, 2.45) is 0 Å². The molecule has 4 rings (SSSR count). The molecule has 0 saturated carbocycles. The van der Waals surface area contributed by atoms with Gasteiger partial charge in [-0.2, -0.15) is 30.7 Å². The molecule has 0 unspecified atom stereocenters. The lowest BCUT2D eigenvalue weighted by Gasteiger charge is -2.06. The van der Waals surface area contributed by atoms with Crippen LogP contribution in [0.25, 0.3) is 0 Å². The van der Waals surface area contributed by atoms with E-state index in [1.165, 1.54) is 9.73 Å². The monoisotopic (exact) mass is 362 g/mol. The minimum Gasteiger partial charge on any atom is -0.171 e. The van der Waals surface area contributed by atoms with Gasteiger partial charge in [0.2, 0.25) is 0 Å². The van der Waals surface area contributed by atoms with E-state index in [1.54, 1.807) is 10.9 Å². The van der Waals surface area contributed by atoms with Crippen molar-refractivity contribution in [1.29, 1.82) is 0 Å². The van der Waals surface area contributed by atoms with Gasteiger partial charge < -0.3 is 0 Å². The molecule has 0 heterocycles. The number of benzene rings is 1. The van der Waals surface area contributed by atoms with Crippen LogP contribution in [-0.2, 0) is 0 Å². The van der Waals surface area contributed by atoms with E-state index in [0.29, 0.717) is 0 Å². The Balaban J connectivity index is 1.52. The first kappa shape index (κ1) is 17.1. The van der Waals surface area contributed by atoms with Crippen LogP contribution in [0.5, 0.6) is 0 Å². The van der Waals surface area contributed by atoms with Crippen LogP contribution >= 0.6 is 10.9 Å².